The quantitative estimate of drug-likeness (QED) is 0.728. The number of nitrogens with one attached hydrogen (secondary N) is 1. The van der Waals surface area contributed by atoms with E-state index in [-0.39, 0.29) is 0 Å². The number of nitrogens with two attached hydrogens (primary N) is 1. The minimum Gasteiger partial charge on any atom is -0.467 e. The van der Waals surface area contributed by atoms with Crippen molar-refractivity contribution >= 4 is 5.69 Å². The third kappa shape index (κ3) is 1.93. The van der Waals surface area contributed by atoms with Crippen LogP contribution in [0.25, 0.3) is 0 Å². The average molecular weight is 194 g/mol. The van der Waals surface area contributed by atoms with Crippen molar-refractivity contribution in [1.82, 2.24) is 9.97 Å². The molecule has 1 aliphatic carbocycles. The Bertz CT molecular complexity index is 294. The SMILES string of the molecule is COc1ncc(NC2CC(N)C2)cn1. The van der Waals surface area contributed by atoms with Crippen molar-refractivity contribution in [1.29, 1.82) is 0 Å². The topological polar surface area (TPSA) is 73.1 Å². The van der Waals surface area contributed by atoms with E-state index < -0.39 is 0 Å². The summed E-state index contributed by atoms with van der Waals surface area (Å²) in [6.07, 6.45) is 5.48. The molecule has 0 aromatic carbocycles. The molecule has 1 aliphatic rings. The summed E-state index contributed by atoms with van der Waals surface area (Å²) in [6.45, 7) is 0. The van der Waals surface area contributed by atoms with Crippen LogP contribution in [0.1, 0.15) is 12.8 Å². The van der Waals surface area contributed by atoms with Gasteiger partial charge >= 0.3 is 6.01 Å². The molecule has 3 N–H and O–H groups in total. The Morgan fingerprint density at radius 2 is 2.07 bits per heavy atom. The molecule has 14 heavy (non-hydrogen) atoms. The number of rotatable bonds is 3. The van der Waals surface area contributed by atoms with Gasteiger partial charge in [0, 0.05) is 12.1 Å². The molecule has 0 radical (unpaired) electrons. The van der Waals surface area contributed by atoms with Gasteiger partial charge in [0.05, 0.1) is 25.2 Å². The Morgan fingerprint density at radius 3 is 2.57 bits per heavy atom. The molecule has 2 rings (SSSR count). The van der Waals surface area contributed by atoms with E-state index in [4.69, 9.17) is 10.5 Å². The van der Waals surface area contributed by atoms with Crippen LogP contribution in [0.15, 0.2) is 12.4 Å². The summed E-state index contributed by atoms with van der Waals surface area (Å²) in [6, 6.07) is 1.22. The summed E-state index contributed by atoms with van der Waals surface area (Å²) in [7, 11) is 1.55. The highest BCUT2D eigenvalue weighted by atomic mass is 16.5. The molecule has 0 unspecified atom stereocenters. The standard InChI is InChI=1S/C9H14N4O/c1-14-9-11-4-8(5-12-9)13-7-2-6(10)3-7/h4-7,13H,2-3,10H2,1H3. The van der Waals surface area contributed by atoms with Gasteiger partial charge in [0.1, 0.15) is 0 Å². The molecule has 0 aliphatic heterocycles. The summed E-state index contributed by atoms with van der Waals surface area (Å²) in [5.74, 6) is 0. The van der Waals surface area contributed by atoms with Crippen LogP contribution in [-0.2, 0) is 0 Å². The number of ether oxygens (including phenoxy) is 1. The molecule has 0 atom stereocenters. The highest BCUT2D eigenvalue weighted by molar-refractivity contribution is 5.40. The summed E-state index contributed by atoms with van der Waals surface area (Å²) in [5.41, 5.74) is 6.60. The van der Waals surface area contributed by atoms with Gasteiger partial charge in [-0.25, -0.2) is 9.97 Å². The normalized spacial score (nSPS) is 25.3. The predicted octanol–water partition coefficient (Wildman–Crippen LogP) is 0.387. The van der Waals surface area contributed by atoms with E-state index in [0.29, 0.717) is 18.1 Å². The van der Waals surface area contributed by atoms with Gasteiger partial charge in [-0.3, -0.25) is 0 Å². The van der Waals surface area contributed by atoms with Crippen LogP contribution in [0, 0.1) is 0 Å². The lowest BCUT2D eigenvalue weighted by Crippen LogP contribution is -2.44. The van der Waals surface area contributed by atoms with E-state index in [1.807, 2.05) is 0 Å². The molecule has 0 amide bonds. The summed E-state index contributed by atoms with van der Waals surface area (Å²) >= 11 is 0. The first-order valence-corrected chi connectivity index (χ1v) is 4.66. The van der Waals surface area contributed by atoms with Crippen molar-refractivity contribution in [2.24, 2.45) is 5.73 Å². The van der Waals surface area contributed by atoms with E-state index in [1.54, 1.807) is 19.5 Å². The van der Waals surface area contributed by atoms with Gasteiger partial charge < -0.3 is 15.8 Å². The predicted molar refractivity (Wildman–Crippen MR) is 53.2 cm³/mol. The largest absolute Gasteiger partial charge is 0.467 e. The molecule has 5 heteroatoms. The maximum absolute atomic E-state index is 5.68. The van der Waals surface area contributed by atoms with E-state index in [0.717, 1.165) is 18.5 Å². The molecular formula is C9H14N4O. The Balaban J connectivity index is 1.90. The lowest BCUT2D eigenvalue weighted by molar-refractivity contribution is 0.371. The molecule has 0 bridgehead atoms. The molecule has 0 spiro atoms. The molecular weight excluding hydrogens is 180 g/mol. The third-order valence-corrected chi connectivity index (χ3v) is 2.36. The Labute approximate surface area is 82.7 Å². The fraction of sp³-hybridized carbons (Fsp3) is 0.556. The van der Waals surface area contributed by atoms with Crippen molar-refractivity contribution in [2.45, 2.75) is 24.9 Å². The number of hydrogen-bond donors (Lipinski definition) is 2. The zero-order valence-corrected chi connectivity index (χ0v) is 8.10. The molecule has 1 saturated carbocycles. The van der Waals surface area contributed by atoms with Gasteiger partial charge in [0.25, 0.3) is 0 Å². The van der Waals surface area contributed by atoms with E-state index >= 15 is 0 Å². The van der Waals surface area contributed by atoms with Crippen LogP contribution in [-0.4, -0.2) is 29.2 Å². The van der Waals surface area contributed by atoms with E-state index in [9.17, 15) is 0 Å². The average Bonchev–Trinajstić information content (AvgIpc) is 2.17. The molecule has 1 heterocycles. The van der Waals surface area contributed by atoms with Gasteiger partial charge in [0.2, 0.25) is 0 Å². The van der Waals surface area contributed by atoms with Crippen LogP contribution >= 0.6 is 0 Å². The second-order valence-electron chi connectivity index (χ2n) is 3.53. The highest BCUT2D eigenvalue weighted by Crippen LogP contribution is 2.21. The van der Waals surface area contributed by atoms with Crippen LogP contribution in [0.5, 0.6) is 6.01 Å². The Morgan fingerprint density at radius 1 is 1.43 bits per heavy atom. The fourth-order valence-corrected chi connectivity index (χ4v) is 1.51. The lowest BCUT2D eigenvalue weighted by atomic mass is 9.87. The third-order valence-electron chi connectivity index (χ3n) is 2.36. The first-order chi connectivity index (χ1) is 6.78. The molecule has 76 valence electrons. The van der Waals surface area contributed by atoms with E-state index in [2.05, 4.69) is 15.3 Å². The minimum atomic E-state index is 0.353. The second kappa shape index (κ2) is 3.79. The van der Waals surface area contributed by atoms with Crippen LogP contribution in [0.4, 0.5) is 5.69 Å². The lowest BCUT2D eigenvalue weighted by Gasteiger charge is -2.33. The van der Waals surface area contributed by atoms with E-state index in [1.165, 1.54) is 0 Å². The monoisotopic (exact) mass is 194 g/mol. The van der Waals surface area contributed by atoms with Gasteiger partial charge in [0.15, 0.2) is 0 Å². The zero-order chi connectivity index (χ0) is 9.97. The molecule has 1 aromatic rings. The van der Waals surface area contributed by atoms with Gasteiger partial charge in [-0.1, -0.05) is 0 Å². The number of aromatic nitrogens is 2. The molecule has 1 aromatic heterocycles. The maximum Gasteiger partial charge on any atom is 0.316 e. The second-order valence-corrected chi connectivity index (χ2v) is 3.53. The summed E-state index contributed by atoms with van der Waals surface area (Å²) in [5, 5.41) is 3.30. The number of hydrogen-bond acceptors (Lipinski definition) is 5. The number of nitrogens with zero attached hydrogens (tertiary/aromatic N) is 2. The van der Waals surface area contributed by atoms with Crippen molar-refractivity contribution in [3.8, 4) is 6.01 Å². The molecule has 5 nitrogen and oxygen atoms in total. The van der Waals surface area contributed by atoms with Crippen LogP contribution < -0.4 is 15.8 Å². The van der Waals surface area contributed by atoms with Crippen LogP contribution in [0.3, 0.4) is 0 Å². The van der Waals surface area contributed by atoms with Crippen molar-refractivity contribution in [3.05, 3.63) is 12.4 Å². The number of anilines is 1. The van der Waals surface area contributed by atoms with Crippen molar-refractivity contribution < 1.29 is 4.74 Å². The van der Waals surface area contributed by atoms with Gasteiger partial charge in [-0.2, -0.15) is 0 Å². The van der Waals surface area contributed by atoms with Crippen LogP contribution in [0.2, 0.25) is 0 Å². The Hall–Kier alpha value is -1.36. The maximum atomic E-state index is 5.68. The fourth-order valence-electron chi connectivity index (χ4n) is 1.51. The zero-order valence-electron chi connectivity index (χ0n) is 8.10. The van der Waals surface area contributed by atoms with Gasteiger partial charge in [-0.05, 0) is 12.8 Å². The Kier molecular flexibility index (Phi) is 2.49. The van der Waals surface area contributed by atoms with Gasteiger partial charge in [-0.15, -0.1) is 0 Å². The molecule has 0 saturated heterocycles. The summed E-state index contributed by atoms with van der Waals surface area (Å²) in [4.78, 5) is 8.00. The highest BCUT2D eigenvalue weighted by Gasteiger charge is 2.25. The van der Waals surface area contributed by atoms with Crippen molar-refractivity contribution in [2.75, 3.05) is 12.4 Å². The first-order valence-electron chi connectivity index (χ1n) is 4.66. The number of methoxy groups -OCH3 is 1. The molecule has 1 fully saturated rings. The first kappa shape index (κ1) is 9.21. The van der Waals surface area contributed by atoms with Crippen molar-refractivity contribution in [3.63, 3.8) is 0 Å². The smallest absolute Gasteiger partial charge is 0.316 e. The minimum absolute atomic E-state index is 0.353. The summed E-state index contributed by atoms with van der Waals surface area (Å²) < 4.78 is 4.86.